The zero-order valence-corrected chi connectivity index (χ0v) is 6.14. The van der Waals surface area contributed by atoms with Gasteiger partial charge in [-0.15, -0.1) is 0 Å². The minimum absolute atomic E-state index is 0.581. The molecule has 0 saturated heterocycles. The first-order chi connectivity index (χ1) is 2.27. The lowest BCUT2D eigenvalue weighted by Gasteiger charge is -1.65. The summed E-state index contributed by atoms with van der Waals surface area (Å²) < 4.78 is 0.581. The van der Waals surface area contributed by atoms with Crippen molar-refractivity contribution in [2.24, 2.45) is 0 Å². The van der Waals surface area contributed by atoms with E-state index in [0.717, 1.165) is 0 Å². The minimum Gasteiger partial charge on any atom is -0.0756 e. The third kappa shape index (κ3) is 4.99. The lowest BCUT2D eigenvalue weighted by atomic mass is 11.3. The number of hydrogen-bond donors (Lipinski definition) is 0. The highest BCUT2D eigenvalue weighted by atomic mass is 79.9. The zero-order valence-electron chi connectivity index (χ0n) is 2.21. The molecule has 0 bridgehead atoms. The molecule has 0 aliphatic rings. The predicted octanol–water partition coefficient (Wildman–Crippen LogP) is 2.81. The van der Waals surface area contributed by atoms with Gasteiger partial charge in [-0.25, -0.2) is 0 Å². The molecule has 3 heteroatoms. The van der Waals surface area contributed by atoms with E-state index in [-0.39, 0.29) is 0 Å². The summed E-state index contributed by atoms with van der Waals surface area (Å²) in [7, 11) is 0. The Morgan fingerprint density at radius 3 is 2.00 bits per heavy atom. The molecule has 0 aliphatic heterocycles. The van der Waals surface area contributed by atoms with E-state index in [9.17, 15) is 0 Å². The topological polar surface area (TPSA) is 0 Å². The maximum Gasteiger partial charge on any atom is 0.0902 e. The smallest absolute Gasteiger partial charge is 0.0756 e. The molecule has 0 aromatic rings. The first kappa shape index (κ1) is 5.99. The van der Waals surface area contributed by atoms with Crippen molar-refractivity contribution in [3.05, 3.63) is 8.93 Å². The predicted molar refractivity (Wildman–Crippen MR) is 31.8 cm³/mol. The molecule has 0 saturated carbocycles. The van der Waals surface area contributed by atoms with Crippen LogP contribution in [-0.4, -0.2) is 0 Å². The van der Waals surface area contributed by atoms with Gasteiger partial charge in [0.25, 0.3) is 0 Å². The summed E-state index contributed by atoms with van der Waals surface area (Å²) in [6, 6.07) is 0. The third-order valence-corrected chi connectivity index (χ3v) is 1.76. The normalized spacial score (nSPS) is 12.2. The fourth-order valence-corrected chi connectivity index (χ4v) is 0. The standard InChI is InChI=1S/C2HBr2Cl/c3-1-2(4)5/h1H/b2-1-. The summed E-state index contributed by atoms with van der Waals surface area (Å²) >= 11 is 11.1. The van der Waals surface area contributed by atoms with Gasteiger partial charge in [-0.05, 0) is 15.9 Å². The van der Waals surface area contributed by atoms with Crippen molar-refractivity contribution in [2.45, 2.75) is 0 Å². The summed E-state index contributed by atoms with van der Waals surface area (Å²) in [5.74, 6) is 0. The van der Waals surface area contributed by atoms with Crippen LogP contribution in [0.1, 0.15) is 0 Å². The lowest BCUT2D eigenvalue weighted by Crippen LogP contribution is -1.31. The quantitative estimate of drug-likeness (QED) is 0.589. The Kier molecular flexibility index (Phi) is 3.82. The molecule has 0 aliphatic carbocycles. The van der Waals surface area contributed by atoms with E-state index in [0.29, 0.717) is 3.94 Å². The van der Waals surface area contributed by atoms with Crippen molar-refractivity contribution in [2.75, 3.05) is 0 Å². The molecule has 0 radical (unpaired) electrons. The number of hydrogen-bond acceptors (Lipinski definition) is 0. The van der Waals surface area contributed by atoms with Crippen molar-refractivity contribution in [1.82, 2.24) is 0 Å². The Hall–Kier alpha value is 0.990. The Morgan fingerprint density at radius 1 is 1.80 bits per heavy atom. The molecule has 0 atom stereocenters. The lowest BCUT2D eigenvalue weighted by molar-refractivity contribution is 2.49. The Labute approximate surface area is 52.5 Å². The summed E-state index contributed by atoms with van der Waals surface area (Å²) in [5.41, 5.74) is 0. The average Bonchev–Trinajstić information content (AvgIpc) is 1.38. The van der Waals surface area contributed by atoms with Gasteiger partial charge in [-0.1, -0.05) is 27.5 Å². The Balaban J connectivity index is 3.14. The van der Waals surface area contributed by atoms with Crippen molar-refractivity contribution in [1.29, 1.82) is 0 Å². The second kappa shape index (κ2) is 3.19. The molecule has 0 spiro atoms. The fourth-order valence-electron chi connectivity index (χ4n) is 0. The minimum atomic E-state index is 0.581. The molecule has 0 aromatic heterocycles. The van der Waals surface area contributed by atoms with Crippen molar-refractivity contribution in [3.8, 4) is 0 Å². The molecule has 0 unspecified atom stereocenters. The first-order valence-corrected chi connectivity index (χ1v) is 2.97. The number of halogens is 3. The van der Waals surface area contributed by atoms with E-state index >= 15 is 0 Å². The van der Waals surface area contributed by atoms with Crippen LogP contribution in [0.2, 0.25) is 0 Å². The monoisotopic (exact) mass is 218 g/mol. The van der Waals surface area contributed by atoms with Gasteiger partial charge in [0.15, 0.2) is 0 Å². The molecule has 0 amide bonds. The van der Waals surface area contributed by atoms with Gasteiger partial charge < -0.3 is 0 Å². The van der Waals surface area contributed by atoms with Gasteiger partial charge in [0.05, 0.1) is 3.94 Å². The van der Waals surface area contributed by atoms with Crippen LogP contribution in [0, 0.1) is 0 Å². The van der Waals surface area contributed by atoms with Crippen molar-refractivity contribution in [3.63, 3.8) is 0 Å². The van der Waals surface area contributed by atoms with E-state index < -0.39 is 0 Å². The maximum atomic E-state index is 5.19. The van der Waals surface area contributed by atoms with Crippen LogP contribution >= 0.6 is 43.5 Å². The van der Waals surface area contributed by atoms with Gasteiger partial charge >= 0.3 is 0 Å². The van der Waals surface area contributed by atoms with Crippen molar-refractivity contribution < 1.29 is 0 Å². The summed E-state index contributed by atoms with van der Waals surface area (Å²) in [4.78, 5) is 1.58. The first-order valence-electron chi connectivity index (χ1n) is 0.885. The summed E-state index contributed by atoms with van der Waals surface area (Å²) in [6.45, 7) is 0. The zero-order chi connectivity index (χ0) is 4.28. The summed E-state index contributed by atoms with van der Waals surface area (Å²) in [6.07, 6.45) is 0. The van der Waals surface area contributed by atoms with Crippen LogP contribution in [0.15, 0.2) is 8.93 Å². The second-order valence-corrected chi connectivity index (χ2v) is 2.57. The van der Waals surface area contributed by atoms with E-state index in [4.69, 9.17) is 11.6 Å². The van der Waals surface area contributed by atoms with Gasteiger partial charge in [0.1, 0.15) is 0 Å². The van der Waals surface area contributed by atoms with Gasteiger partial charge in [-0.2, -0.15) is 0 Å². The SMILES string of the molecule is Cl/C(Br)=C\Br. The highest BCUT2D eigenvalue weighted by Crippen LogP contribution is 2.10. The number of rotatable bonds is 0. The molecule has 0 heterocycles. The maximum absolute atomic E-state index is 5.19. The molecule has 5 heavy (non-hydrogen) atoms. The molecular weight excluding hydrogens is 219 g/mol. The van der Waals surface area contributed by atoms with Crippen LogP contribution in [-0.2, 0) is 0 Å². The summed E-state index contributed by atoms with van der Waals surface area (Å²) in [5, 5.41) is 0. The Bertz CT molecular complexity index is 45.6. The molecule has 0 rings (SSSR count). The third-order valence-electron chi connectivity index (χ3n) is 0.0825. The Morgan fingerprint density at radius 2 is 2.00 bits per heavy atom. The molecule has 0 aromatic carbocycles. The van der Waals surface area contributed by atoms with Gasteiger partial charge in [-0.3, -0.25) is 0 Å². The largest absolute Gasteiger partial charge is 0.0902 e. The van der Waals surface area contributed by atoms with Gasteiger partial charge in [0, 0.05) is 4.99 Å². The average molecular weight is 220 g/mol. The van der Waals surface area contributed by atoms with Crippen LogP contribution in [0.25, 0.3) is 0 Å². The fraction of sp³-hybridized carbons (Fsp3) is 0. The van der Waals surface area contributed by atoms with Crippen LogP contribution in [0.5, 0.6) is 0 Å². The molecule has 0 N–H and O–H groups in total. The van der Waals surface area contributed by atoms with E-state index in [1.807, 2.05) is 0 Å². The molecule has 0 fully saturated rings. The van der Waals surface area contributed by atoms with Crippen LogP contribution in [0.3, 0.4) is 0 Å². The second-order valence-electron chi connectivity index (χ2n) is 0.399. The highest BCUT2D eigenvalue weighted by Gasteiger charge is 1.69. The molecule has 30 valence electrons. The van der Waals surface area contributed by atoms with Crippen LogP contribution < -0.4 is 0 Å². The van der Waals surface area contributed by atoms with E-state index in [1.165, 1.54) is 0 Å². The van der Waals surface area contributed by atoms with Gasteiger partial charge in [0.2, 0.25) is 0 Å². The van der Waals surface area contributed by atoms with E-state index in [2.05, 4.69) is 31.9 Å². The van der Waals surface area contributed by atoms with E-state index in [1.54, 1.807) is 4.99 Å². The highest BCUT2D eigenvalue weighted by molar-refractivity contribution is 9.14. The molecule has 0 nitrogen and oxygen atoms in total. The molecular formula is C2HBr2Cl. The van der Waals surface area contributed by atoms with Crippen molar-refractivity contribution >= 4 is 43.5 Å². The van der Waals surface area contributed by atoms with Crippen LogP contribution in [0.4, 0.5) is 0 Å².